The maximum atomic E-state index is 12.5. The van der Waals surface area contributed by atoms with E-state index in [0.29, 0.717) is 23.6 Å². The normalized spacial score (nSPS) is 10.4. The molecular weight excluding hydrogens is 342 g/mol. The van der Waals surface area contributed by atoms with Crippen molar-refractivity contribution in [2.45, 2.75) is 6.54 Å². The molecule has 0 bridgehead atoms. The predicted molar refractivity (Wildman–Crippen MR) is 98.3 cm³/mol. The van der Waals surface area contributed by atoms with Gasteiger partial charge in [-0.25, -0.2) is 0 Å². The highest BCUT2D eigenvalue weighted by molar-refractivity contribution is 7.10. The lowest BCUT2D eigenvalue weighted by atomic mass is 10.1. The molecule has 24 heavy (non-hydrogen) atoms. The Bertz CT molecular complexity index is 825. The maximum absolute atomic E-state index is 12.5. The van der Waals surface area contributed by atoms with Gasteiger partial charge in [0.2, 0.25) is 0 Å². The van der Waals surface area contributed by atoms with Crippen LogP contribution < -0.4 is 14.8 Å². The molecule has 0 fully saturated rings. The summed E-state index contributed by atoms with van der Waals surface area (Å²) in [6, 6.07) is 9.46. The van der Waals surface area contributed by atoms with E-state index in [1.165, 1.54) is 18.2 Å². The molecule has 124 valence electrons. The van der Waals surface area contributed by atoms with Crippen molar-refractivity contribution >= 4 is 28.6 Å². The van der Waals surface area contributed by atoms with Crippen LogP contribution in [-0.4, -0.2) is 20.1 Å². The third-order valence-electron chi connectivity index (χ3n) is 3.58. The Hall–Kier alpha value is -2.31. The van der Waals surface area contributed by atoms with Gasteiger partial charge >= 0.3 is 0 Å². The lowest BCUT2D eigenvalue weighted by Crippen LogP contribution is -2.23. The van der Waals surface area contributed by atoms with Crippen molar-refractivity contribution < 1.29 is 14.3 Å². The second-order valence-corrected chi connectivity index (χ2v) is 6.81. The Kier molecular flexibility index (Phi) is 5.17. The van der Waals surface area contributed by atoms with E-state index in [1.54, 1.807) is 48.0 Å². The molecule has 1 N–H and O–H groups in total. The van der Waals surface area contributed by atoms with Crippen LogP contribution in [0.3, 0.4) is 0 Å². The average molecular weight is 359 g/mol. The number of carbonyl (C=O) groups is 1. The van der Waals surface area contributed by atoms with E-state index in [1.807, 2.05) is 0 Å². The first-order valence-corrected chi connectivity index (χ1v) is 9.14. The molecule has 0 radical (unpaired) electrons. The van der Waals surface area contributed by atoms with Gasteiger partial charge in [0, 0.05) is 4.88 Å². The van der Waals surface area contributed by atoms with Crippen molar-refractivity contribution in [3.63, 3.8) is 0 Å². The smallest absolute Gasteiger partial charge is 0.255 e. The van der Waals surface area contributed by atoms with Crippen molar-refractivity contribution in [2.24, 2.45) is 0 Å². The van der Waals surface area contributed by atoms with Crippen molar-refractivity contribution in [2.75, 3.05) is 14.2 Å². The summed E-state index contributed by atoms with van der Waals surface area (Å²) < 4.78 is 10.5. The number of carbonyl (C=O) groups excluding carboxylic acids is 1. The number of hydrogen-bond donors (Lipinski definition) is 1. The van der Waals surface area contributed by atoms with Crippen LogP contribution >= 0.6 is 22.7 Å². The SMILES string of the molecule is COc1cccc(C(=O)NCc2cc(-c3ccsc3)cs2)c1OC. The quantitative estimate of drug-likeness (QED) is 0.708. The Morgan fingerprint density at radius 2 is 2.00 bits per heavy atom. The van der Waals surface area contributed by atoms with E-state index in [-0.39, 0.29) is 5.91 Å². The third kappa shape index (κ3) is 3.44. The molecule has 3 aromatic rings. The molecule has 2 heterocycles. The van der Waals surface area contributed by atoms with Crippen molar-refractivity contribution in [1.82, 2.24) is 5.32 Å². The second-order valence-electron chi connectivity index (χ2n) is 5.04. The molecule has 3 rings (SSSR count). The molecule has 2 aromatic heterocycles. The summed E-state index contributed by atoms with van der Waals surface area (Å²) in [5.41, 5.74) is 2.86. The number of para-hydroxylation sites is 1. The third-order valence-corrected chi connectivity index (χ3v) is 5.20. The highest BCUT2D eigenvalue weighted by Gasteiger charge is 2.16. The topological polar surface area (TPSA) is 47.6 Å². The fourth-order valence-electron chi connectivity index (χ4n) is 2.38. The van der Waals surface area contributed by atoms with Gasteiger partial charge in [-0.15, -0.1) is 11.3 Å². The zero-order chi connectivity index (χ0) is 16.9. The molecule has 0 saturated heterocycles. The Labute approximate surface area is 148 Å². The maximum Gasteiger partial charge on any atom is 0.255 e. The number of ether oxygens (including phenoxy) is 2. The summed E-state index contributed by atoms with van der Waals surface area (Å²) in [4.78, 5) is 13.6. The fraction of sp³-hybridized carbons (Fsp3) is 0.167. The summed E-state index contributed by atoms with van der Waals surface area (Å²) in [5, 5.41) is 9.22. The van der Waals surface area contributed by atoms with E-state index >= 15 is 0 Å². The molecular formula is C18H17NO3S2. The van der Waals surface area contributed by atoms with Gasteiger partial charge in [-0.2, -0.15) is 11.3 Å². The number of nitrogens with one attached hydrogen (secondary N) is 1. The van der Waals surface area contributed by atoms with Crippen LogP contribution in [0.2, 0.25) is 0 Å². The Balaban J connectivity index is 1.70. The highest BCUT2D eigenvalue weighted by Crippen LogP contribution is 2.31. The van der Waals surface area contributed by atoms with Crippen molar-refractivity contribution in [3.8, 4) is 22.6 Å². The van der Waals surface area contributed by atoms with Crippen molar-refractivity contribution in [1.29, 1.82) is 0 Å². The molecule has 0 aliphatic rings. The minimum absolute atomic E-state index is 0.184. The zero-order valence-electron chi connectivity index (χ0n) is 13.4. The highest BCUT2D eigenvalue weighted by atomic mass is 32.1. The number of rotatable bonds is 6. The van der Waals surface area contributed by atoms with Crippen LogP contribution in [0.15, 0.2) is 46.5 Å². The van der Waals surface area contributed by atoms with Crippen molar-refractivity contribution in [3.05, 3.63) is 56.9 Å². The molecule has 1 amide bonds. The first kappa shape index (κ1) is 16.5. The summed E-state index contributed by atoms with van der Waals surface area (Å²) in [5.74, 6) is 0.805. The van der Waals surface area contributed by atoms with Crippen LogP contribution in [0.1, 0.15) is 15.2 Å². The number of benzene rings is 1. The van der Waals surface area contributed by atoms with Gasteiger partial charge in [-0.05, 0) is 51.5 Å². The van der Waals surface area contributed by atoms with Crippen LogP contribution in [0.5, 0.6) is 11.5 Å². The molecule has 0 spiro atoms. The van der Waals surface area contributed by atoms with Crippen LogP contribution in [0.4, 0.5) is 0 Å². The first-order valence-electron chi connectivity index (χ1n) is 7.32. The van der Waals surface area contributed by atoms with Gasteiger partial charge in [0.1, 0.15) is 0 Å². The number of methoxy groups -OCH3 is 2. The minimum Gasteiger partial charge on any atom is -0.493 e. The molecule has 4 nitrogen and oxygen atoms in total. The summed E-state index contributed by atoms with van der Waals surface area (Å²) in [6.07, 6.45) is 0. The van der Waals surface area contributed by atoms with Crippen LogP contribution in [-0.2, 0) is 6.54 Å². The molecule has 0 unspecified atom stereocenters. The summed E-state index contributed by atoms with van der Waals surface area (Å²) in [7, 11) is 3.08. The Morgan fingerprint density at radius 1 is 1.12 bits per heavy atom. The molecule has 6 heteroatoms. The van der Waals surface area contributed by atoms with Crippen LogP contribution in [0, 0.1) is 0 Å². The van der Waals surface area contributed by atoms with E-state index < -0.39 is 0 Å². The van der Waals surface area contributed by atoms with E-state index in [0.717, 1.165) is 4.88 Å². The Morgan fingerprint density at radius 3 is 2.71 bits per heavy atom. The lowest BCUT2D eigenvalue weighted by molar-refractivity contribution is 0.0947. The number of amides is 1. The van der Waals surface area contributed by atoms with Gasteiger partial charge in [-0.1, -0.05) is 6.07 Å². The number of hydrogen-bond acceptors (Lipinski definition) is 5. The van der Waals surface area contributed by atoms with Gasteiger partial charge < -0.3 is 14.8 Å². The van der Waals surface area contributed by atoms with E-state index in [9.17, 15) is 4.79 Å². The molecule has 0 saturated carbocycles. The number of thiophene rings is 2. The van der Waals surface area contributed by atoms with Crippen LogP contribution in [0.25, 0.3) is 11.1 Å². The standard InChI is InChI=1S/C18H17NO3S2/c1-21-16-5-3-4-15(17(16)22-2)18(20)19-9-14-8-13(11-24-14)12-6-7-23-10-12/h3-8,10-11H,9H2,1-2H3,(H,19,20). The average Bonchev–Trinajstić information content (AvgIpc) is 3.29. The van der Waals surface area contributed by atoms with E-state index in [4.69, 9.17) is 9.47 Å². The molecule has 0 aliphatic carbocycles. The monoisotopic (exact) mass is 359 g/mol. The molecule has 0 aliphatic heterocycles. The second kappa shape index (κ2) is 7.51. The molecule has 0 atom stereocenters. The first-order chi connectivity index (χ1) is 11.7. The largest absolute Gasteiger partial charge is 0.493 e. The summed E-state index contributed by atoms with van der Waals surface area (Å²) in [6.45, 7) is 0.480. The summed E-state index contributed by atoms with van der Waals surface area (Å²) >= 11 is 3.31. The molecule has 1 aromatic carbocycles. The van der Waals surface area contributed by atoms with Gasteiger partial charge in [0.05, 0.1) is 26.3 Å². The fourth-order valence-corrected chi connectivity index (χ4v) is 3.88. The minimum atomic E-state index is -0.184. The van der Waals surface area contributed by atoms with Gasteiger partial charge in [0.15, 0.2) is 11.5 Å². The van der Waals surface area contributed by atoms with Gasteiger partial charge in [-0.3, -0.25) is 4.79 Å². The van der Waals surface area contributed by atoms with E-state index in [2.05, 4.69) is 33.6 Å². The van der Waals surface area contributed by atoms with Gasteiger partial charge in [0.25, 0.3) is 5.91 Å². The predicted octanol–water partition coefficient (Wildman–Crippen LogP) is 4.42. The zero-order valence-corrected chi connectivity index (χ0v) is 15.0. The lowest BCUT2D eigenvalue weighted by Gasteiger charge is -2.12.